The molecular formula is C12H11Br2F2N3. The van der Waals surface area contributed by atoms with Crippen LogP contribution in [0.2, 0.25) is 0 Å². The van der Waals surface area contributed by atoms with E-state index in [-0.39, 0.29) is 8.95 Å². The topological polar surface area (TPSA) is 30.7 Å². The quantitative estimate of drug-likeness (QED) is 0.557. The first-order valence-corrected chi connectivity index (χ1v) is 7.73. The fraction of sp³-hybridized carbons (Fsp3) is 0.500. The summed E-state index contributed by atoms with van der Waals surface area (Å²) < 4.78 is 27.3. The van der Waals surface area contributed by atoms with E-state index in [0.29, 0.717) is 23.5 Å². The number of fused-ring (bicyclic) bond motifs is 1. The van der Waals surface area contributed by atoms with Crippen LogP contribution in [0.5, 0.6) is 0 Å². The average molecular weight is 395 g/mol. The molecule has 0 atom stereocenters. The third-order valence-corrected chi connectivity index (χ3v) is 4.99. The Bertz CT molecular complexity index is 591. The summed E-state index contributed by atoms with van der Waals surface area (Å²) in [5, 5.41) is 8.52. The van der Waals surface area contributed by atoms with E-state index in [2.05, 4.69) is 42.1 Å². The highest BCUT2D eigenvalue weighted by Gasteiger charge is 2.22. The first-order valence-electron chi connectivity index (χ1n) is 6.14. The first kappa shape index (κ1) is 13.4. The lowest BCUT2D eigenvalue weighted by molar-refractivity contribution is 0.398. The Morgan fingerprint density at radius 1 is 1.00 bits per heavy atom. The summed E-state index contributed by atoms with van der Waals surface area (Å²) in [7, 11) is 0. The van der Waals surface area contributed by atoms with Gasteiger partial charge in [-0.05, 0) is 50.6 Å². The predicted molar refractivity (Wildman–Crippen MR) is 74.8 cm³/mol. The third kappa shape index (κ3) is 2.31. The van der Waals surface area contributed by atoms with E-state index >= 15 is 0 Å². The van der Waals surface area contributed by atoms with Crippen molar-refractivity contribution in [2.45, 2.75) is 32.2 Å². The van der Waals surface area contributed by atoms with Crippen LogP contribution in [0.3, 0.4) is 0 Å². The molecule has 0 radical (unpaired) electrons. The van der Waals surface area contributed by atoms with E-state index in [9.17, 15) is 8.78 Å². The number of benzene rings is 1. The van der Waals surface area contributed by atoms with E-state index in [1.54, 1.807) is 4.80 Å². The zero-order valence-corrected chi connectivity index (χ0v) is 13.1. The van der Waals surface area contributed by atoms with E-state index in [1.165, 1.54) is 25.7 Å². The van der Waals surface area contributed by atoms with Gasteiger partial charge < -0.3 is 0 Å². The molecule has 7 heteroatoms. The van der Waals surface area contributed by atoms with Crippen LogP contribution < -0.4 is 0 Å². The molecule has 19 heavy (non-hydrogen) atoms. The molecule has 102 valence electrons. The lowest BCUT2D eigenvalue weighted by atomic mass is 10.1. The second-order valence-electron chi connectivity index (χ2n) is 4.86. The fourth-order valence-electron chi connectivity index (χ4n) is 2.55. The molecule has 1 aliphatic carbocycles. The SMILES string of the molecule is Fc1c(F)c(Br)c2nn(CC3CCCC3)nc2c1Br. The van der Waals surface area contributed by atoms with Crippen LogP contribution in [0.15, 0.2) is 8.95 Å². The Morgan fingerprint density at radius 3 is 1.95 bits per heavy atom. The summed E-state index contributed by atoms with van der Waals surface area (Å²) >= 11 is 6.08. The minimum Gasteiger partial charge on any atom is -0.202 e. The Balaban J connectivity index is 2.04. The van der Waals surface area contributed by atoms with Gasteiger partial charge in [-0.2, -0.15) is 15.0 Å². The highest BCUT2D eigenvalue weighted by Crippen LogP contribution is 2.34. The lowest BCUT2D eigenvalue weighted by Gasteiger charge is -2.06. The molecule has 1 saturated carbocycles. The molecule has 0 bridgehead atoms. The highest BCUT2D eigenvalue weighted by molar-refractivity contribution is 9.11. The molecule has 0 amide bonds. The zero-order chi connectivity index (χ0) is 13.6. The van der Waals surface area contributed by atoms with Crippen LogP contribution in [-0.4, -0.2) is 15.0 Å². The molecule has 0 spiro atoms. The molecule has 3 rings (SSSR count). The van der Waals surface area contributed by atoms with Crippen molar-refractivity contribution in [2.75, 3.05) is 0 Å². The van der Waals surface area contributed by atoms with Gasteiger partial charge in [-0.1, -0.05) is 12.8 Å². The summed E-state index contributed by atoms with van der Waals surface area (Å²) in [6, 6.07) is 0. The lowest BCUT2D eigenvalue weighted by Crippen LogP contribution is -2.10. The molecule has 1 aromatic heterocycles. The fourth-order valence-corrected chi connectivity index (χ4v) is 3.43. The van der Waals surface area contributed by atoms with Gasteiger partial charge in [0.05, 0.1) is 15.5 Å². The van der Waals surface area contributed by atoms with Crippen LogP contribution in [0.25, 0.3) is 11.0 Å². The van der Waals surface area contributed by atoms with Gasteiger partial charge in [-0.25, -0.2) is 8.78 Å². The molecule has 2 aromatic rings. The summed E-state index contributed by atoms with van der Waals surface area (Å²) in [5.74, 6) is -1.31. The molecule has 1 fully saturated rings. The normalized spacial score (nSPS) is 16.6. The van der Waals surface area contributed by atoms with Crippen molar-refractivity contribution < 1.29 is 8.78 Å². The first-order chi connectivity index (χ1) is 9.08. The minimum atomic E-state index is -0.938. The summed E-state index contributed by atoms with van der Waals surface area (Å²) in [4.78, 5) is 1.55. The summed E-state index contributed by atoms with van der Waals surface area (Å²) in [6.07, 6.45) is 4.82. The van der Waals surface area contributed by atoms with Crippen molar-refractivity contribution in [1.29, 1.82) is 0 Å². The average Bonchev–Trinajstić information content (AvgIpc) is 3.04. The van der Waals surface area contributed by atoms with Gasteiger partial charge in [0.25, 0.3) is 0 Å². The van der Waals surface area contributed by atoms with Gasteiger partial charge in [-0.3, -0.25) is 0 Å². The summed E-state index contributed by atoms with van der Waals surface area (Å²) in [5.41, 5.74) is 0.701. The number of aromatic nitrogens is 3. The maximum Gasteiger partial charge on any atom is 0.176 e. The van der Waals surface area contributed by atoms with Crippen LogP contribution in [0.1, 0.15) is 25.7 Å². The maximum absolute atomic E-state index is 13.6. The molecule has 0 saturated heterocycles. The second-order valence-corrected chi connectivity index (χ2v) is 6.44. The van der Waals surface area contributed by atoms with Crippen molar-refractivity contribution in [3.05, 3.63) is 20.6 Å². The van der Waals surface area contributed by atoms with Crippen LogP contribution in [0, 0.1) is 17.6 Å². The van der Waals surface area contributed by atoms with Crippen LogP contribution in [-0.2, 0) is 6.54 Å². The van der Waals surface area contributed by atoms with Gasteiger partial charge >= 0.3 is 0 Å². The number of halogens is 4. The predicted octanol–water partition coefficient (Wildman–Crippen LogP) is 4.42. The van der Waals surface area contributed by atoms with Gasteiger partial charge in [-0.15, -0.1) is 0 Å². The third-order valence-electron chi connectivity index (χ3n) is 3.55. The van der Waals surface area contributed by atoms with E-state index < -0.39 is 11.6 Å². The van der Waals surface area contributed by atoms with E-state index in [1.807, 2.05) is 0 Å². The number of nitrogens with zero attached hydrogens (tertiary/aromatic N) is 3. The monoisotopic (exact) mass is 393 g/mol. The van der Waals surface area contributed by atoms with Gasteiger partial charge in [0.2, 0.25) is 0 Å². The molecule has 0 N–H and O–H groups in total. The van der Waals surface area contributed by atoms with Gasteiger partial charge in [0.15, 0.2) is 11.6 Å². The van der Waals surface area contributed by atoms with E-state index in [0.717, 1.165) is 0 Å². The van der Waals surface area contributed by atoms with Crippen LogP contribution >= 0.6 is 31.9 Å². The minimum absolute atomic E-state index is 0.0286. The largest absolute Gasteiger partial charge is 0.202 e. The van der Waals surface area contributed by atoms with Gasteiger partial charge in [0.1, 0.15) is 11.0 Å². The van der Waals surface area contributed by atoms with Crippen molar-refractivity contribution in [3.8, 4) is 0 Å². The number of hydrogen-bond acceptors (Lipinski definition) is 2. The van der Waals surface area contributed by atoms with Crippen molar-refractivity contribution in [3.63, 3.8) is 0 Å². The van der Waals surface area contributed by atoms with Crippen molar-refractivity contribution in [1.82, 2.24) is 15.0 Å². The molecule has 1 aliphatic rings. The zero-order valence-electron chi connectivity index (χ0n) is 9.97. The van der Waals surface area contributed by atoms with Crippen molar-refractivity contribution in [2.24, 2.45) is 5.92 Å². The van der Waals surface area contributed by atoms with Gasteiger partial charge in [0, 0.05) is 0 Å². The summed E-state index contributed by atoms with van der Waals surface area (Å²) in [6.45, 7) is 0.705. The molecule has 0 aliphatic heterocycles. The second kappa shape index (κ2) is 5.09. The maximum atomic E-state index is 13.6. The molecule has 1 aromatic carbocycles. The number of hydrogen-bond donors (Lipinski definition) is 0. The molecular weight excluding hydrogens is 384 g/mol. The van der Waals surface area contributed by atoms with E-state index in [4.69, 9.17) is 0 Å². The van der Waals surface area contributed by atoms with Crippen molar-refractivity contribution >= 4 is 42.9 Å². The number of rotatable bonds is 2. The Morgan fingerprint density at radius 2 is 1.47 bits per heavy atom. The highest BCUT2D eigenvalue weighted by atomic mass is 79.9. The molecule has 1 heterocycles. The Kier molecular flexibility index (Phi) is 3.59. The molecule has 0 unspecified atom stereocenters. The molecule has 3 nitrogen and oxygen atoms in total. The Hall–Kier alpha value is -0.560. The van der Waals surface area contributed by atoms with Crippen LogP contribution in [0.4, 0.5) is 8.78 Å². The Labute approximate surface area is 125 Å². The smallest absolute Gasteiger partial charge is 0.176 e. The standard InChI is InChI=1S/C12H11Br2F2N3/c13-7-9(15)10(16)8(14)12-11(7)17-19(18-12)5-6-3-1-2-4-6/h6H,1-5H2.